The van der Waals surface area contributed by atoms with Gasteiger partial charge in [-0.05, 0) is 109 Å². The van der Waals surface area contributed by atoms with E-state index in [-0.39, 0.29) is 46.8 Å². The minimum atomic E-state index is -2.87. The first kappa shape index (κ1) is 40.9. The van der Waals surface area contributed by atoms with Crippen LogP contribution < -0.4 is 14.4 Å². The van der Waals surface area contributed by atoms with Crippen LogP contribution in [-0.4, -0.2) is 67.8 Å². The van der Waals surface area contributed by atoms with E-state index in [1.54, 1.807) is 0 Å². The molecule has 3 aliphatic carbocycles. The minimum Gasteiger partial charge on any atom is -0.508 e. The number of hydrogen-bond acceptors (Lipinski definition) is 10. The number of halogens is 1. The van der Waals surface area contributed by atoms with Crippen LogP contribution in [0.3, 0.4) is 0 Å². The quantitative estimate of drug-likeness (QED) is 0.138. The Hall–Kier alpha value is -4.23. The van der Waals surface area contributed by atoms with E-state index < -0.39 is 37.6 Å². The maximum Gasteiger partial charge on any atom is 0.265 e. The first-order chi connectivity index (χ1) is 27.0. The predicted molar refractivity (Wildman–Crippen MR) is 227 cm³/mol. The number of ether oxygens (including phenoxy) is 2. The van der Waals surface area contributed by atoms with Crippen LogP contribution in [0.25, 0.3) is 0 Å². The molecule has 0 unspecified atom stereocenters. The maximum atomic E-state index is 15.6. The largest absolute Gasteiger partial charge is 0.508 e. The number of allylic oxidation sites excluding steroid dienone is 1. The number of nitrogens with zero attached hydrogens (tertiary/aromatic N) is 3. The van der Waals surface area contributed by atoms with Crippen molar-refractivity contribution in [1.82, 2.24) is 10.1 Å². The van der Waals surface area contributed by atoms with Gasteiger partial charge in [0, 0.05) is 29.1 Å². The van der Waals surface area contributed by atoms with E-state index in [2.05, 4.69) is 73.7 Å². The van der Waals surface area contributed by atoms with E-state index in [9.17, 15) is 5.11 Å². The van der Waals surface area contributed by atoms with Gasteiger partial charge in [0.15, 0.2) is 25.5 Å². The second kappa shape index (κ2) is 15.5. The normalized spacial score (nSPS) is 21.8. The highest BCUT2D eigenvalue weighted by Gasteiger charge is 2.67. The van der Waals surface area contributed by atoms with Crippen molar-refractivity contribution in [3.05, 3.63) is 116 Å². The molecule has 4 aromatic rings. The molecule has 0 fully saturated rings. The molecule has 302 valence electrons. The first-order valence-corrected chi connectivity index (χ1v) is 23.6. The van der Waals surface area contributed by atoms with Crippen LogP contribution in [0.1, 0.15) is 90.2 Å². The summed E-state index contributed by atoms with van der Waals surface area (Å²) >= 11 is 3.86. The molecule has 3 aromatic carbocycles. The van der Waals surface area contributed by atoms with Gasteiger partial charge in [0.25, 0.3) is 5.88 Å². The zero-order chi connectivity index (χ0) is 41.0. The lowest BCUT2D eigenvalue weighted by Crippen LogP contribution is -2.65. The van der Waals surface area contributed by atoms with Crippen molar-refractivity contribution in [1.29, 1.82) is 0 Å². The van der Waals surface area contributed by atoms with Gasteiger partial charge in [-0.3, -0.25) is 14.5 Å². The van der Waals surface area contributed by atoms with Crippen LogP contribution in [0.15, 0.2) is 87.1 Å². The van der Waals surface area contributed by atoms with Gasteiger partial charge in [-0.15, -0.1) is 0 Å². The van der Waals surface area contributed by atoms with Gasteiger partial charge in [0.05, 0.1) is 17.3 Å². The number of carbonyl (C=O) groups excluding carboxylic acids is 2. The predicted octanol–water partition coefficient (Wildman–Crippen LogP) is 9.89. The summed E-state index contributed by atoms with van der Waals surface area (Å²) in [7, 11) is 0.983. The molecule has 0 saturated heterocycles. The average Bonchev–Trinajstić information content (AvgIpc) is 3.59. The number of aliphatic hydroxyl groups is 1. The minimum absolute atomic E-state index is 0.0351. The van der Waals surface area contributed by atoms with E-state index in [1.807, 2.05) is 85.7 Å². The van der Waals surface area contributed by atoms with E-state index in [1.165, 1.54) is 0 Å². The van der Waals surface area contributed by atoms with Crippen molar-refractivity contribution in [2.75, 3.05) is 32.1 Å². The van der Waals surface area contributed by atoms with Gasteiger partial charge in [0.1, 0.15) is 30.3 Å². The molecule has 10 nitrogen and oxygen atoms in total. The molecule has 0 saturated carbocycles. The van der Waals surface area contributed by atoms with E-state index in [0.29, 0.717) is 29.9 Å². The number of anilines is 1. The maximum absolute atomic E-state index is 15.6. The summed E-state index contributed by atoms with van der Waals surface area (Å²) in [6.07, 6.45) is 0.821. The Labute approximate surface area is 345 Å². The number of aromatic nitrogens is 1. The van der Waals surface area contributed by atoms with Gasteiger partial charge >= 0.3 is 0 Å². The number of Topliss-reactive ketones (excluding diaryl/α,β-unsaturated/α-hetero) is 2. The smallest absolute Gasteiger partial charge is 0.265 e. The fraction of sp³-hybridized carbons (Fsp3) is 0.444. The Balaban J connectivity index is 1.44. The summed E-state index contributed by atoms with van der Waals surface area (Å²) in [5.41, 5.74) is 2.47. The van der Waals surface area contributed by atoms with Crippen LogP contribution in [-0.2, 0) is 24.1 Å². The van der Waals surface area contributed by atoms with E-state index >= 15 is 9.59 Å². The average molecular weight is 857 g/mol. The standard InChI is InChI=1S/C45H54BrN3O7Si/c1-10-49(11-2)37-30-22-29-23-31-38(48(6)7)40-36(43(47-55-40)54-26-28-20-16-13-17-21-28)42(52)45(31,56-57(8,9)44(3,4)5)41(51)34(29)39(50)35(30)33(24-32(37)46)53-25-27-18-14-12-15-19-27/h12-21,24,29,31,38,51H,10-11,22-23,25-26H2,1-9H3/t29-,31-,38-,45-/m0/s1. The zero-order valence-electron chi connectivity index (χ0n) is 34.4. The van der Waals surface area contributed by atoms with Crippen molar-refractivity contribution in [2.24, 2.45) is 11.8 Å². The Bertz CT molecular complexity index is 2190. The Morgan fingerprint density at radius 2 is 1.54 bits per heavy atom. The van der Waals surface area contributed by atoms with E-state index in [0.717, 1.165) is 39.9 Å². The van der Waals surface area contributed by atoms with Crippen LogP contribution in [0.2, 0.25) is 18.1 Å². The first-order valence-electron chi connectivity index (χ1n) is 19.9. The van der Waals surface area contributed by atoms with E-state index in [4.69, 9.17) is 18.4 Å². The van der Waals surface area contributed by atoms with Crippen LogP contribution in [0.5, 0.6) is 11.6 Å². The lowest BCUT2D eigenvalue weighted by Gasteiger charge is -2.55. The highest BCUT2D eigenvalue weighted by atomic mass is 79.9. The van der Waals surface area contributed by atoms with Gasteiger partial charge in [-0.1, -0.05) is 81.4 Å². The number of aliphatic hydroxyl groups excluding tert-OH is 1. The van der Waals surface area contributed by atoms with Crippen molar-refractivity contribution in [2.45, 2.75) is 90.4 Å². The molecule has 7 rings (SSSR count). The molecular formula is C45H54BrN3O7Si. The SMILES string of the molecule is CCN(CC)c1c(Br)cc(OCc2ccccc2)c2c1C[C@H]1C[C@H]3[C@H](N(C)C)c4onc(OCc5ccccc5)c4C(=O)[C@@]3(O[Si](C)(C)C(C)(C)C)C(O)=C1C2=O. The van der Waals surface area contributed by atoms with Crippen molar-refractivity contribution >= 4 is 41.5 Å². The topological polar surface area (TPSA) is 115 Å². The highest BCUT2D eigenvalue weighted by molar-refractivity contribution is 9.10. The monoisotopic (exact) mass is 855 g/mol. The van der Waals surface area contributed by atoms with Crippen molar-refractivity contribution < 1.29 is 33.1 Å². The summed E-state index contributed by atoms with van der Waals surface area (Å²) in [6.45, 7) is 16.5. The Morgan fingerprint density at radius 3 is 2.11 bits per heavy atom. The third-order valence-corrected chi connectivity index (χ3v) is 17.6. The third-order valence-electron chi connectivity index (χ3n) is 12.5. The number of rotatable bonds is 12. The fourth-order valence-corrected chi connectivity index (χ4v) is 10.9. The summed E-state index contributed by atoms with van der Waals surface area (Å²) in [6, 6.07) is 20.8. The molecule has 0 radical (unpaired) electrons. The van der Waals surface area contributed by atoms with Gasteiger partial charge in [-0.2, -0.15) is 0 Å². The number of fused-ring (bicyclic) bond motifs is 4. The fourth-order valence-electron chi connectivity index (χ4n) is 8.70. The number of ketones is 2. The lowest BCUT2D eigenvalue weighted by molar-refractivity contribution is -0.0480. The third kappa shape index (κ3) is 6.96. The molecule has 57 heavy (non-hydrogen) atoms. The number of hydrogen-bond donors (Lipinski definition) is 1. The van der Waals surface area contributed by atoms with Crippen molar-refractivity contribution in [3.8, 4) is 11.6 Å². The summed E-state index contributed by atoms with van der Waals surface area (Å²) in [5.74, 6) is -1.42. The molecule has 3 aliphatic rings. The molecule has 0 aliphatic heterocycles. The number of carbonyl (C=O) groups is 2. The lowest BCUT2D eigenvalue weighted by atomic mass is 9.58. The highest BCUT2D eigenvalue weighted by Crippen LogP contribution is 2.60. The Kier molecular flexibility index (Phi) is 11.1. The summed E-state index contributed by atoms with van der Waals surface area (Å²) in [5, 5.41) is 17.1. The molecule has 0 bridgehead atoms. The molecule has 4 atom stereocenters. The second-order valence-corrected chi connectivity index (χ2v) is 22.8. The van der Waals surface area contributed by atoms with Gasteiger partial charge in [-0.25, -0.2) is 0 Å². The van der Waals surface area contributed by atoms with Crippen LogP contribution >= 0.6 is 15.9 Å². The molecule has 0 spiro atoms. The number of benzene rings is 3. The Morgan fingerprint density at radius 1 is 0.947 bits per heavy atom. The molecule has 1 heterocycles. The molecule has 12 heteroatoms. The molecule has 0 amide bonds. The molecular weight excluding hydrogens is 802 g/mol. The molecule has 1 aromatic heterocycles. The van der Waals surface area contributed by atoms with Gasteiger partial charge in [0.2, 0.25) is 5.78 Å². The summed E-state index contributed by atoms with van der Waals surface area (Å²) in [4.78, 5) is 35.3. The van der Waals surface area contributed by atoms with Crippen LogP contribution in [0, 0.1) is 11.8 Å². The van der Waals surface area contributed by atoms with Crippen LogP contribution in [0.4, 0.5) is 5.69 Å². The zero-order valence-corrected chi connectivity index (χ0v) is 37.0. The van der Waals surface area contributed by atoms with Gasteiger partial charge < -0.3 is 28.4 Å². The summed E-state index contributed by atoms with van der Waals surface area (Å²) < 4.78 is 27.0. The van der Waals surface area contributed by atoms with Crippen molar-refractivity contribution in [3.63, 3.8) is 0 Å². The second-order valence-electron chi connectivity index (χ2n) is 17.2. The molecule has 1 N–H and O–H groups in total.